The Labute approximate surface area is 125 Å². The smallest absolute Gasteiger partial charge is 0.128 e. The summed E-state index contributed by atoms with van der Waals surface area (Å²) in [6.45, 7) is 2.57. The fraction of sp³-hybridized carbons (Fsp3) is 0.188. The first-order chi connectivity index (χ1) is 10.2. The Hall–Kier alpha value is -1.85. The molecule has 0 spiro atoms. The van der Waals surface area contributed by atoms with Crippen molar-refractivity contribution in [3.8, 4) is 0 Å². The maximum atomic E-state index is 14.1. The molecule has 0 aliphatic heterocycles. The van der Waals surface area contributed by atoms with Gasteiger partial charge >= 0.3 is 0 Å². The molecular weight excluding hydrogens is 290 g/mol. The van der Waals surface area contributed by atoms with E-state index in [1.54, 1.807) is 17.5 Å². The molecule has 1 atom stereocenters. The molecule has 2 aromatic heterocycles. The van der Waals surface area contributed by atoms with Gasteiger partial charge in [-0.1, -0.05) is 6.92 Å². The number of halogens is 2. The Kier molecular flexibility index (Phi) is 3.94. The van der Waals surface area contributed by atoms with Crippen LogP contribution < -0.4 is 5.32 Å². The number of thiophene rings is 1. The van der Waals surface area contributed by atoms with Crippen molar-refractivity contribution in [2.45, 2.75) is 13.0 Å². The van der Waals surface area contributed by atoms with E-state index in [2.05, 4.69) is 10.3 Å². The summed E-state index contributed by atoms with van der Waals surface area (Å²) in [4.78, 5) is 4.38. The maximum Gasteiger partial charge on any atom is 0.128 e. The van der Waals surface area contributed by atoms with Gasteiger partial charge < -0.3 is 5.32 Å². The second-order valence-corrected chi connectivity index (χ2v) is 5.68. The lowest BCUT2D eigenvalue weighted by Gasteiger charge is -2.19. The molecule has 0 radical (unpaired) electrons. The van der Waals surface area contributed by atoms with Crippen molar-refractivity contribution in [2.24, 2.45) is 0 Å². The van der Waals surface area contributed by atoms with Crippen LogP contribution in [0.3, 0.4) is 0 Å². The minimum Gasteiger partial charge on any atom is -0.306 e. The number of hydrogen-bond donors (Lipinski definition) is 1. The Morgan fingerprint density at radius 3 is 2.90 bits per heavy atom. The molecule has 2 heterocycles. The van der Waals surface area contributed by atoms with Crippen molar-refractivity contribution in [1.29, 1.82) is 0 Å². The molecule has 3 aromatic rings. The molecule has 2 nitrogen and oxygen atoms in total. The number of hydrogen-bond acceptors (Lipinski definition) is 3. The van der Waals surface area contributed by atoms with Gasteiger partial charge in [0.15, 0.2) is 0 Å². The number of aromatic nitrogens is 1. The lowest BCUT2D eigenvalue weighted by atomic mass is 9.99. The van der Waals surface area contributed by atoms with E-state index >= 15 is 0 Å². The molecule has 0 amide bonds. The highest BCUT2D eigenvalue weighted by molar-refractivity contribution is 7.17. The van der Waals surface area contributed by atoms with Gasteiger partial charge in [0.2, 0.25) is 0 Å². The van der Waals surface area contributed by atoms with E-state index in [0.29, 0.717) is 12.1 Å². The number of fused-ring (bicyclic) bond motifs is 1. The molecule has 0 fully saturated rings. The normalized spacial score (nSPS) is 12.7. The number of rotatable bonds is 4. The first kappa shape index (κ1) is 14.1. The van der Waals surface area contributed by atoms with Gasteiger partial charge in [0, 0.05) is 11.8 Å². The van der Waals surface area contributed by atoms with Gasteiger partial charge in [0.1, 0.15) is 11.6 Å². The summed E-state index contributed by atoms with van der Waals surface area (Å²) in [5.74, 6) is -0.868. The Bertz CT molecular complexity index is 770. The van der Waals surface area contributed by atoms with Crippen LogP contribution in [-0.2, 0) is 0 Å². The second-order valence-electron chi connectivity index (χ2n) is 4.73. The molecule has 0 bridgehead atoms. The first-order valence-electron chi connectivity index (χ1n) is 6.70. The van der Waals surface area contributed by atoms with Crippen LogP contribution in [0.4, 0.5) is 8.78 Å². The third-order valence-electron chi connectivity index (χ3n) is 3.33. The summed E-state index contributed by atoms with van der Waals surface area (Å²) in [5, 5.41) is 5.16. The second kappa shape index (κ2) is 5.87. The lowest BCUT2D eigenvalue weighted by Crippen LogP contribution is -2.23. The number of benzene rings is 1. The van der Waals surface area contributed by atoms with Crippen LogP contribution in [-0.4, -0.2) is 11.5 Å². The fourth-order valence-electron chi connectivity index (χ4n) is 2.37. The molecule has 108 valence electrons. The molecular formula is C16H14F2N2S. The molecule has 5 heteroatoms. The molecule has 1 unspecified atom stereocenters. The number of nitrogens with zero attached hydrogens (tertiary/aromatic N) is 1. The molecule has 0 aliphatic rings. The van der Waals surface area contributed by atoms with E-state index < -0.39 is 17.7 Å². The summed E-state index contributed by atoms with van der Waals surface area (Å²) < 4.78 is 28.6. The van der Waals surface area contributed by atoms with Crippen LogP contribution in [0.1, 0.15) is 24.1 Å². The highest BCUT2D eigenvalue weighted by Crippen LogP contribution is 2.28. The van der Waals surface area contributed by atoms with E-state index in [0.717, 1.165) is 27.9 Å². The van der Waals surface area contributed by atoms with Crippen molar-refractivity contribution in [2.75, 3.05) is 6.54 Å². The lowest BCUT2D eigenvalue weighted by molar-refractivity contribution is 0.544. The SMILES string of the molecule is CCNC(c1cnc2ccsc2c1)c1cc(F)ccc1F. The average molecular weight is 304 g/mol. The van der Waals surface area contributed by atoms with E-state index in [9.17, 15) is 8.78 Å². The van der Waals surface area contributed by atoms with E-state index in [-0.39, 0.29) is 0 Å². The minimum absolute atomic E-state index is 0.301. The van der Waals surface area contributed by atoms with Crippen LogP contribution in [0.5, 0.6) is 0 Å². The standard InChI is InChI=1S/C16H14F2N2S/c1-2-19-16(12-8-11(17)3-4-13(12)18)10-7-15-14(20-9-10)5-6-21-15/h3-9,16,19H,2H2,1H3. The van der Waals surface area contributed by atoms with E-state index in [1.165, 1.54) is 6.07 Å². The van der Waals surface area contributed by atoms with Crippen LogP contribution >= 0.6 is 11.3 Å². The topological polar surface area (TPSA) is 24.9 Å². The predicted octanol–water partition coefficient (Wildman–Crippen LogP) is 4.27. The third kappa shape index (κ3) is 2.80. The van der Waals surface area contributed by atoms with Crippen LogP contribution in [0, 0.1) is 11.6 Å². The largest absolute Gasteiger partial charge is 0.306 e. The van der Waals surface area contributed by atoms with Crippen molar-refractivity contribution in [3.05, 3.63) is 64.7 Å². The average Bonchev–Trinajstić information content (AvgIpc) is 2.95. The van der Waals surface area contributed by atoms with Crippen LogP contribution in [0.15, 0.2) is 41.9 Å². The number of pyridine rings is 1. The van der Waals surface area contributed by atoms with E-state index in [4.69, 9.17) is 0 Å². The maximum absolute atomic E-state index is 14.1. The quantitative estimate of drug-likeness (QED) is 0.778. The van der Waals surface area contributed by atoms with Crippen LogP contribution in [0.2, 0.25) is 0 Å². The molecule has 1 aromatic carbocycles. The number of nitrogens with one attached hydrogen (secondary N) is 1. The predicted molar refractivity (Wildman–Crippen MR) is 81.5 cm³/mol. The zero-order valence-electron chi connectivity index (χ0n) is 11.4. The molecule has 0 saturated carbocycles. The Morgan fingerprint density at radius 2 is 2.10 bits per heavy atom. The summed E-state index contributed by atoms with van der Waals surface area (Å²) in [5.41, 5.74) is 2.05. The van der Waals surface area contributed by atoms with Crippen molar-refractivity contribution in [3.63, 3.8) is 0 Å². The third-order valence-corrected chi connectivity index (χ3v) is 4.19. The van der Waals surface area contributed by atoms with Gasteiger partial charge in [-0.3, -0.25) is 4.98 Å². The van der Waals surface area contributed by atoms with Crippen LogP contribution in [0.25, 0.3) is 10.2 Å². The summed E-state index contributed by atoms with van der Waals surface area (Å²) >= 11 is 1.58. The fourth-order valence-corrected chi connectivity index (χ4v) is 3.16. The Balaban J connectivity index is 2.09. The molecule has 1 N–H and O–H groups in total. The van der Waals surface area contributed by atoms with E-state index in [1.807, 2.05) is 24.4 Å². The van der Waals surface area contributed by atoms with Crippen molar-refractivity contribution >= 4 is 21.6 Å². The highest BCUT2D eigenvalue weighted by atomic mass is 32.1. The molecule has 0 saturated heterocycles. The molecule has 0 aliphatic carbocycles. The first-order valence-corrected chi connectivity index (χ1v) is 7.58. The van der Waals surface area contributed by atoms with Crippen molar-refractivity contribution < 1.29 is 8.78 Å². The van der Waals surface area contributed by atoms with Gasteiger partial charge in [0.05, 0.1) is 16.3 Å². The zero-order valence-corrected chi connectivity index (χ0v) is 12.3. The monoisotopic (exact) mass is 304 g/mol. The van der Waals surface area contributed by atoms with Gasteiger partial charge in [-0.2, -0.15) is 0 Å². The zero-order chi connectivity index (χ0) is 14.8. The molecule has 3 rings (SSSR count). The molecule has 21 heavy (non-hydrogen) atoms. The van der Waals surface area contributed by atoms with Gasteiger partial charge in [0.25, 0.3) is 0 Å². The van der Waals surface area contributed by atoms with Gasteiger partial charge in [-0.05, 0) is 47.8 Å². The summed E-state index contributed by atoms with van der Waals surface area (Å²) in [6, 6.07) is 7.03. The minimum atomic E-state index is -0.445. The van der Waals surface area contributed by atoms with Crippen molar-refractivity contribution in [1.82, 2.24) is 10.3 Å². The summed E-state index contributed by atoms with van der Waals surface area (Å²) in [6.07, 6.45) is 1.72. The van der Waals surface area contributed by atoms with Gasteiger partial charge in [-0.25, -0.2) is 8.78 Å². The highest BCUT2D eigenvalue weighted by Gasteiger charge is 2.18. The summed E-state index contributed by atoms with van der Waals surface area (Å²) in [7, 11) is 0. The Morgan fingerprint density at radius 1 is 1.24 bits per heavy atom. The van der Waals surface area contributed by atoms with Gasteiger partial charge in [-0.15, -0.1) is 11.3 Å².